The van der Waals surface area contributed by atoms with Crippen LogP contribution in [0.2, 0.25) is 0 Å². The summed E-state index contributed by atoms with van der Waals surface area (Å²) < 4.78 is 5.02. The van der Waals surface area contributed by atoms with Gasteiger partial charge in [-0.25, -0.2) is 9.78 Å². The highest BCUT2D eigenvalue weighted by Gasteiger charge is 2.21. The number of H-pyrrole nitrogens is 1. The topological polar surface area (TPSA) is 80.8 Å². The molecule has 6 nitrogen and oxygen atoms in total. The molecule has 1 aliphatic carbocycles. The van der Waals surface area contributed by atoms with E-state index in [4.69, 9.17) is 4.74 Å². The first-order chi connectivity index (χ1) is 13.2. The quantitative estimate of drug-likeness (QED) is 0.552. The maximum atomic E-state index is 12.0. The van der Waals surface area contributed by atoms with Crippen LogP contribution in [0.1, 0.15) is 58.9 Å². The first kappa shape index (κ1) is 17.4. The summed E-state index contributed by atoms with van der Waals surface area (Å²) >= 11 is 1.59. The molecule has 4 rings (SSSR count). The van der Waals surface area contributed by atoms with Crippen molar-refractivity contribution in [2.24, 2.45) is 0 Å². The molecule has 0 bridgehead atoms. The Labute approximate surface area is 161 Å². The molecule has 0 atom stereocenters. The summed E-state index contributed by atoms with van der Waals surface area (Å²) in [4.78, 5) is 16.6. The maximum absolute atomic E-state index is 12.0. The van der Waals surface area contributed by atoms with Gasteiger partial charge in [0, 0.05) is 22.4 Å². The molecular formula is C20H18N4O2S. The number of aromatic nitrogens is 4. The molecule has 136 valence electrons. The van der Waals surface area contributed by atoms with E-state index >= 15 is 0 Å². The summed E-state index contributed by atoms with van der Waals surface area (Å²) in [6.45, 7) is 2.04. The summed E-state index contributed by atoms with van der Waals surface area (Å²) in [5.74, 6) is 6.41. The summed E-state index contributed by atoms with van der Waals surface area (Å²) in [6.07, 6.45) is 3.77. The van der Waals surface area contributed by atoms with Crippen molar-refractivity contribution in [3.63, 3.8) is 0 Å². The van der Waals surface area contributed by atoms with Crippen molar-refractivity contribution >= 4 is 17.3 Å². The van der Waals surface area contributed by atoms with Crippen molar-refractivity contribution in [3.8, 4) is 23.1 Å². The van der Waals surface area contributed by atoms with Gasteiger partial charge in [-0.05, 0) is 37.8 Å². The number of ether oxygens (including phenoxy) is 1. The van der Waals surface area contributed by atoms with Gasteiger partial charge in [-0.15, -0.1) is 16.4 Å². The van der Waals surface area contributed by atoms with E-state index in [2.05, 4.69) is 37.6 Å². The first-order valence-electron chi connectivity index (χ1n) is 8.90. The van der Waals surface area contributed by atoms with Crippen LogP contribution in [-0.4, -0.2) is 33.0 Å². The molecule has 3 aromatic rings. The molecule has 0 spiro atoms. The highest BCUT2D eigenvalue weighted by Crippen LogP contribution is 2.36. The number of rotatable bonds is 4. The molecule has 7 heteroatoms. The Morgan fingerprint density at radius 1 is 1.33 bits per heavy atom. The lowest BCUT2D eigenvalue weighted by Gasteiger charge is -2.22. The van der Waals surface area contributed by atoms with Crippen LogP contribution in [0.5, 0.6) is 0 Å². The standard InChI is InChI=1S/C20H18N4O2S/c1-2-26-20(25)19-18(22-24-23-19)15-8-3-5-13(11-15)9-10-17-21-16(12-27-17)14-6-4-7-14/h3,5,8,11-12,14H,2,4,6-7H2,1H3,(H,22,23,24). The van der Waals surface area contributed by atoms with Gasteiger partial charge in [-0.1, -0.05) is 24.5 Å². The number of nitrogens with zero attached hydrogens (tertiary/aromatic N) is 3. The molecule has 1 aliphatic rings. The molecular weight excluding hydrogens is 360 g/mol. The van der Waals surface area contributed by atoms with Crippen LogP contribution in [0, 0.1) is 11.8 Å². The molecule has 2 aromatic heterocycles. The third-order valence-electron chi connectivity index (χ3n) is 4.51. The van der Waals surface area contributed by atoms with Gasteiger partial charge < -0.3 is 4.74 Å². The minimum absolute atomic E-state index is 0.173. The number of aromatic amines is 1. The summed E-state index contributed by atoms with van der Waals surface area (Å²) in [6, 6.07) is 7.55. The fraction of sp³-hybridized carbons (Fsp3) is 0.300. The number of hydrogen-bond acceptors (Lipinski definition) is 6. The monoisotopic (exact) mass is 378 g/mol. The molecule has 0 aliphatic heterocycles. The predicted molar refractivity (Wildman–Crippen MR) is 102 cm³/mol. The third-order valence-corrected chi connectivity index (χ3v) is 5.29. The van der Waals surface area contributed by atoms with E-state index in [-0.39, 0.29) is 12.3 Å². The van der Waals surface area contributed by atoms with Crippen LogP contribution in [-0.2, 0) is 4.74 Å². The van der Waals surface area contributed by atoms with E-state index in [1.807, 2.05) is 24.3 Å². The largest absolute Gasteiger partial charge is 0.461 e. The van der Waals surface area contributed by atoms with Crippen molar-refractivity contribution in [1.29, 1.82) is 0 Å². The second-order valence-corrected chi connectivity index (χ2v) is 7.14. The third kappa shape index (κ3) is 3.76. The van der Waals surface area contributed by atoms with E-state index in [0.29, 0.717) is 11.6 Å². The van der Waals surface area contributed by atoms with Gasteiger partial charge in [0.2, 0.25) is 0 Å². The van der Waals surface area contributed by atoms with Gasteiger partial charge in [0.05, 0.1) is 12.3 Å². The van der Waals surface area contributed by atoms with Crippen molar-refractivity contribution in [2.75, 3.05) is 6.61 Å². The van der Waals surface area contributed by atoms with Crippen molar-refractivity contribution in [3.05, 3.63) is 51.6 Å². The van der Waals surface area contributed by atoms with Gasteiger partial charge in [0.1, 0.15) is 5.69 Å². The lowest BCUT2D eigenvalue weighted by atomic mass is 9.83. The van der Waals surface area contributed by atoms with Crippen LogP contribution < -0.4 is 0 Å². The number of carbonyl (C=O) groups excluding carboxylic acids is 1. The molecule has 0 amide bonds. The van der Waals surface area contributed by atoms with E-state index in [0.717, 1.165) is 16.1 Å². The zero-order valence-electron chi connectivity index (χ0n) is 14.9. The zero-order chi connectivity index (χ0) is 18.6. The van der Waals surface area contributed by atoms with Gasteiger partial charge in [-0.3, -0.25) is 0 Å². The fourth-order valence-electron chi connectivity index (χ4n) is 2.88. The SMILES string of the molecule is CCOC(=O)c1n[nH]nc1-c1cccc(C#Cc2nc(C3CCC3)cs2)c1. The van der Waals surface area contributed by atoms with Gasteiger partial charge in [0.25, 0.3) is 0 Å². The minimum atomic E-state index is -0.496. The van der Waals surface area contributed by atoms with Gasteiger partial charge >= 0.3 is 5.97 Å². The molecule has 1 fully saturated rings. The number of esters is 1. The Kier molecular flexibility index (Phi) is 4.99. The van der Waals surface area contributed by atoms with E-state index in [9.17, 15) is 4.79 Å². The number of benzene rings is 1. The lowest BCUT2D eigenvalue weighted by Crippen LogP contribution is -2.08. The minimum Gasteiger partial charge on any atom is -0.461 e. The lowest BCUT2D eigenvalue weighted by molar-refractivity contribution is 0.0520. The first-order valence-corrected chi connectivity index (χ1v) is 9.78. The molecule has 27 heavy (non-hydrogen) atoms. The Morgan fingerprint density at radius 3 is 3.00 bits per heavy atom. The Hall–Kier alpha value is -2.98. The van der Waals surface area contributed by atoms with Crippen LogP contribution in [0.25, 0.3) is 11.3 Å². The predicted octanol–water partition coefficient (Wildman–Crippen LogP) is 3.77. The Morgan fingerprint density at radius 2 is 2.22 bits per heavy atom. The Bertz CT molecular complexity index is 1020. The summed E-state index contributed by atoms with van der Waals surface area (Å²) in [7, 11) is 0. The van der Waals surface area contributed by atoms with Crippen molar-refractivity contribution in [1.82, 2.24) is 20.4 Å². The van der Waals surface area contributed by atoms with Gasteiger partial charge in [0.15, 0.2) is 10.7 Å². The zero-order valence-corrected chi connectivity index (χ0v) is 15.7. The molecule has 1 saturated carbocycles. The highest BCUT2D eigenvalue weighted by atomic mass is 32.1. The number of carbonyl (C=O) groups is 1. The smallest absolute Gasteiger partial charge is 0.361 e. The second kappa shape index (κ2) is 7.72. The number of thiazole rings is 1. The molecule has 1 aromatic carbocycles. The van der Waals surface area contributed by atoms with E-state index < -0.39 is 5.97 Å². The average molecular weight is 378 g/mol. The van der Waals surface area contributed by atoms with Crippen molar-refractivity contribution < 1.29 is 9.53 Å². The fourth-order valence-corrected chi connectivity index (χ4v) is 3.62. The van der Waals surface area contributed by atoms with E-state index in [1.54, 1.807) is 18.3 Å². The van der Waals surface area contributed by atoms with Crippen LogP contribution in [0.15, 0.2) is 29.6 Å². The Balaban J connectivity index is 1.56. The number of nitrogens with one attached hydrogen (secondary N) is 1. The van der Waals surface area contributed by atoms with Crippen LogP contribution >= 0.6 is 11.3 Å². The number of hydrogen-bond donors (Lipinski definition) is 1. The normalized spacial score (nSPS) is 13.5. The van der Waals surface area contributed by atoms with E-state index in [1.165, 1.54) is 25.0 Å². The average Bonchev–Trinajstić information content (AvgIpc) is 3.29. The highest BCUT2D eigenvalue weighted by molar-refractivity contribution is 7.10. The summed E-state index contributed by atoms with van der Waals surface area (Å²) in [5, 5.41) is 13.4. The van der Waals surface area contributed by atoms with Crippen molar-refractivity contribution in [2.45, 2.75) is 32.1 Å². The summed E-state index contributed by atoms with van der Waals surface area (Å²) in [5.41, 5.74) is 3.38. The maximum Gasteiger partial charge on any atom is 0.361 e. The van der Waals surface area contributed by atoms with Crippen LogP contribution in [0.4, 0.5) is 0 Å². The van der Waals surface area contributed by atoms with Gasteiger partial charge in [-0.2, -0.15) is 10.3 Å². The molecule has 0 saturated heterocycles. The molecule has 2 heterocycles. The van der Waals surface area contributed by atoms with Crippen LogP contribution in [0.3, 0.4) is 0 Å². The molecule has 0 unspecified atom stereocenters. The molecule has 0 radical (unpaired) electrons. The second-order valence-electron chi connectivity index (χ2n) is 6.28. The molecule has 1 N–H and O–H groups in total.